The minimum Gasteiger partial charge on any atom is -0.320 e. The second-order valence-electron chi connectivity index (χ2n) is 2.80. The normalized spacial score (nSPS) is 9.93. The van der Waals surface area contributed by atoms with E-state index in [2.05, 4.69) is 10.3 Å². The number of aromatic nitrogens is 1. The van der Waals surface area contributed by atoms with Crippen molar-refractivity contribution < 1.29 is 4.79 Å². The molecule has 0 bridgehead atoms. The molecule has 0 atom stereocenters. The van der Waals surface area contributed by atoms with Crippen LogP contribution in [0.1, 0.15) is 9.80 Å². The molecule has 0 spiro atoms. The molecular formula is C10H7ClN2OS. The lowest BCUT2D eigenvalue weighted by Crippen LogP contribution is -2.11. The number of carbonyl (C=O) groups excluding carboxylic acids is 1. The first-order chi connectivity index (χ1) is 7.25. The summed E-state index contributed by atoms with van der Waals surface area (Å²) >= 11 is 7.03. The van der Waals surface area contributed by atoms with Crippen LogP contribution in [0, 0.1) is 0 Å². The molecule has 15 heavy (non-hydrogen) atoms. The Balaban J connectivity index is 2.09. The van der Waals surface area contributed by atoms with Gasteiger partial charge in [0.1, 0.15) is 0 Å². The molecule has 0 aliphatic heterocycles. The van der Waals surface area contributed by atoms with E-state index in [0.29, 0.717) is 15.7 Å². The Morgan fingerprint density at radius 1 is 1.33 bits per heavy atom. The van der Waals surface area contributed by atoms with E-state index >= 15 is 0 Å². The van der Waals surface area contributed by atoms with Crippen LogP contribution in [0.4, 0.5) is 5.69 Å². The molecular weight excluding hydrogens is 232 g/mol. The highest BCUT2D eigenvalue weighted by atomic mass is 35.5. The number of hydrogen-bond acceptors (Lipinski definition) is 3. The van der Waals surface area contributed by atoms with Gasteiger partial charge in [0.15, 0.2) is 5.01 Å². The van der Waals surface area contributed by atoms with Crippen LogP contribution in [0.3, 0.4) is 0 Å². The molecule has 76 valence electrons. The van der Waals surface area contributed by atoms with Crippen LogP contribution in [-0.2, 0) is 0 Å². The van der Waals surface area contributed by atoms with Crippen molar-refractivity contribution in [1.82, 2.24) is 4.98 Å². The fourth-order valence-electron chi connectivity index (χ4n) is 1.05. The molecule has 0 aliphatic carbocycles. The molecule has 2 rings (SSSR count). The number of rotatable bonds is 2. The first kappa shape index (κ1) is 10.1. The Labute approximate surface area is 95.7 Å². The summed E-state index contributed by atoms with van der Waals surface area (Å²) < 4.78 is 0. The second-order valence-corrected chi connectivity index (χ2v) is 4.13. The smallest absolute Gasteiger partial charge is 0.284 e. The maximum atomic E-state index is 11.6. The molecule has 1 amide bonds. The van der Waals surface area contributed by atoms with Crippen molar-refractivity contribution in [2.45, 2.75) is 0 Å². The van der Waals surface area contributed by atoms with Gasteiger partial charge in [-0.1, -0.05) is 11.6 Å². The van der Waals surface area contributed by atoms with Crippen molar-refractivity contribution in [2.75, 3.05) is 5.32 Å². The summed E-state index contributed by atoms with van der Waals surface area (Å²) in [6.07, 6.45) is 1.60. The largest absolute Gasteiger partial charge is 0.320 e. The van der Waals surface area contributed by atoms with E-state index in [1.807, 2.05) is 0 Å². The predicted octanol–water partition coefficient (Wildman–Crippen LogP) is 3.05. The highest BCUT2D eigenvalue weighted by molar-refractivity contribution is 7.11. The molecule has 3 nitrogen and oxygen atoms in total. The van der Waals surface area contributed by atoms with Gasteiger partial charge in [0.2, 0.25) is 0 Å². The van der Waals surface area contributed by atoms with E-state index in [1.165, 1.54) is 11.3 Å². The van der Waals surface area contributed by atoms with Crippen molar-refractivity contribution in [1.29, 1.82) is 0 Å². The molecule has 1 heterocycles. The molecule has 5 heteroatoms. The van der Waals surface area contributed by atoms with Gasteiger partial charge in [-0.2, -0.15) is 0 Å². The number of carbonyl (C=O) groups is 1. The number of halogens is 1. The SMILES string of the molecule is O=C(Nc1ccc(Cl)cc1)c1nccs1. The summed E-state index contributed by atoms with van der Waals surface area (Å²) in [6, 6.07) is 6.93. The van der Waals surface area contributed by atoms with Gasteiger partial charge in [-0.25, -0.2) is 4.98 Å². The first-order valence-electron chi connectivity index (χ1n) is 4.22. The van der Waals surface area contributed by atoms with Crippen LogP contribution in [0.5, 0.6) is 0 Å². The van der Waals surface area contributed by atoms with Gasteiger partial charge >= 0.3 is 0 Å². The minimum absolute atomic E-state index is 0.202. The number of nitrogens with one attached hydrogen (secondary N) is 1. The number of nitrogens with zero attached hydrogens (tertiary/aromatic N) is 1. The Morgan fingerprint density at radius 3 is 2.67 bits per heavy atom. The monoisotopic (exact) mass is 238 g/mol. The third kappa shape index (κ3) is 2.55. The molecule has 0 radical (unpaired) electrons. The summed E-state index contributed by atoms with van der Waals surface area (Å²) in [7, 11) is 0. The lowest BCUT2D eigenvalue weighted by molar-refractivity contribution is 0.102. The van der Waals surface area contributed by atoms with E-state index in [4.69, 9.17) is 11.6 Å². The van der Waals surface area contributed by atoms with Gasteiger partial charge in [0.25, 0.3) is 5.91 Å². The Kier molecular flexibility index (Phi) is 2.99. The molecule has 0 saturated heterocycles. The van der Waals surface area contributed by atoms with Crippen LogP contribution < -0.4 is 5.32 Å². The number of hydrogen-bond donors (Lipinski definition) is 1. The quantitative estimate of drug-likeness (QED) is 0.874. The molecule has 0 aliphatic rings. The van der Waals surface area contributed by atoms with E-state index in [0.717, 1.165) is 0 Å². The predicted molar refractivity (Wildman–Crippen MR) is 61.5 cm³/mol. The fraction of sp³-hybridized carbons (Fsp3) is 0. The van der Waals surface area contributed by atoms with Crippen LogP contribution in [-0.4, -0.2) is 10.9 Å². The van der Waals surface area contributed by atoms with Crippen molar-refractivity contribution in [3.05, 3.63) is 45.9 Å². The van der Waals surface area contributed by atoms with Gasteiger partial charge in [0.05, 0.1) is 0 Å². The zero-order valence-corrected chi connectivity index (χ0v) is 9.18. The van der Waals surface area contributed by atoms with Gasteiger partial charge in [-0.15, -0.1) is 11.3 Å². The van der Waals surface area contributed by atoms with E-state index in [1.54, 1.807) is 35.8 Å². The van der Waals surface area contributed by atoms with Crippen molar-refractivity contribution in [2.24, 2.45) is 0 Å². The first-order valence-corrected chi connectivity index (χ1v) is 5.48. The lowest BCUT2D eigenvalue weighted by Gasteiger charge is -2.02. The highest BCUT2D eigenvalue weighted by Crippen LogP contribution is 2.14. The molecule has 1 aromatic heterocycles. The molecule has 0 unspecified atom stereocenters. The average molecular weight is 239 g/mol. The average Bonchev–Trinajstić information content (AvgIpc) is 2.74. The minimum atomic E-state index is -0.202. The van der Waals surface area contributed by atoms with Gasteiger partial charge in [0, 0.05) is 22.3 Å². The summed E-state index contributed by atoms with van der Waals surface area (Å²) in [6.45, 7) is 0. The van der Waals surface area contributed by atoms with E-state index < -0.39 is 0 Å². The molecule has 1 aromatic carbocycles. The van der Waals surface area contributed by atoms with Gasteiger partial charge in [-0.3, -0.25) is 4.79 Å². The van der Waals surface area contributed by atoms with Gasteiger partial charge < -0.3 is 5.32 Å². The number of amides is 1. The maximum Gasteiger partial charge on any atom is 0.284 e. The van der Waals surface area contributed by atoms with Crippen molar-refractivity contribution in [3.63, 3.8) is 0 Å². The van der Waals surface area contributed by atoms with Crippen LogP contribution >= 0.6 is 22.9 Å². The lowest BCUT2D eigenvalue weighted by atomic mass is 10.3. The Hall–Kier alpha value is -1.39. The van der Waals surface area contributed by atoms with Crippen molar-refractivity contribution in [3.8, 4) is 0 Å². The van der Waals surface area contributed by atoms with Crippen LogP contribution in [0.25, 0.3) is 0 Å². The third-order valence-corrected chi connectivity index (χ3v) is 2.75. The number of anilines is 1. The van der Waals surface area contributed by atoms with Crippen LogP contribution in [0.15, 0.2) is 35.8 Å². The standard InChI is InChI=1S/C10H7ClN2OS/c11-7-1-3-8(4-2-7)13-9(14)10-12-5-6-15-10/h1-6H,(H,13,14). The summed E-state index contributed by atoms with van der Waals surface area (Å²) in [5.74, 6) is -0.202. The Bertz CT molecular complexity index is 453. The second kappa shape index (κ2) is 4.42. The summed E-state index contributed by atoms with van der Waals surface area (Å²) in [5, 5.41) is 5.57. The third-order valence-electron chi connectivity index (χ3n) is 1.73. The molecule has 1 N–H and O–H groups in total. The fourth-order valence-corrected chi connectivity index (χ4v) is 1.71. The highest BCUT2D eigenvalue weighted by Gasteiger charge is 2.07. The maximum absolute atomic E-state index is 11.6. The summed E-state index contributed by atoms with van der Waals surface area (Å²) in [5.41, 5.74) is 0.708. The molecule has 0 saturated carbocycles. The zero-order chi connectivity index (χ0) is 10.7. The zero-order valence-electron chi connectivity index (χ0n) is 7.61. The van der Waals surface area contributed by atoms with Crippen molar-refractivity contribution >= 4 is 34.5 Å². The van der Waals surface area contributed by atoms with Crippen LogP contribution in [0.2, 0.25) is 5.02 Å². The summed E-state index contributed by atoms with van der Waals surface area (Å²) in [4.78, 5) is 15.5. The molecule has 0 fully saturated rings. The Morgan fingerprint density at radius 2 is 2.07 bits per heavy atom. The number of thiazole rings is 1. The van der Waals surface area contributed by atoms with E-state index in [-0.39, 0.29) is 5.91 Å². The molecule has 2 aromatic rings. The van der Waals surface area contributed by atoms with E-state index in [9.17, 15) is 4.79 Å². The van der Waals surface area contributed by atoms with Gasteiger partial charge in [-0.05, 0) is 24.3 Å². The number of benzene rings is 1. The topological polar surface area (TPSA) is 42.0 Å².